The summed E-state index contributed by atoms with van der Waals surface area (Å²) in [7, 11) is 0. The second kappa shape index (κ2) is 3.63. The second-order valence-corrected chi connectivity index (χ2v) is 5.10. The molecule has 1 aliphatic rings. The van der Waals surface area contributed by atoms with Gasteiger partial charge in [0, 0.05) is 4.47 Å². The lowest BCUT2D eigenvalue weighted by molar-refractivity contribution is -0.147. The molecule has 3 nitrogen and oxygen atoms in total. The van der Waals surface area contributed by atoms with Crippen molar-refractivity contribution in [2.24, 2.45) is 5.41 Å². The Labute approximate surface area is 102 Å². The van der Waals surface area contributed by atoms with Crippen LogP contribution in [0.15, 0.2) is 28.4 Å². The Morgan fingerprint density at radius 2 is 2.19 bits per heavy atom. The number of hydrogen-bond acceptors (Lipinski definition) is 2. The maximum absolute atomic E-state index is 11.2. The first-order valence-electron chi connectivity index (χ1n) is 4.86. The van der Waals surface area contributed by atoms with Crippen LogP contribution in [0.3, 0.4) is 0 Å². The molecule has 0 aliphatic heterocycles. The topological polar surface area (TPSA) is 57.5 Å². The highest BCUT2D eigenvalue weighted by molar-refractivity contribution is 9.10. The normalized spacial score (nSPS) is 23.5. The molecule has 0 fully saturated rings. The van der Waals surface area contributed by atoms with E-state index in [4.69, 9.17) is 5.11 Å². The van der Waals surface area contributed by atoms with Gasteiger partial charge in [-0.3, -0.25) is 4.79 Å². The van der Waals surface area contributed by atoms with E-state index in [0.717, 1.165) is 15.6 Å². The molecule has 16 heavy (non-hydrogen) atoms. The molecule has 1 aromatic rings. The van der Waals surface area contributed by atoms with Gasteiger partial charge in [-0.1, -0.05) is 22.0 Å². The van der Waals surface area contributed by atoms with Gasteiger partial charge in [0.2, 0.25) is 0 Å². The number of aliphatic hydroxyl groups excluding tert-OH is 1. The van der Waals surface area contributed by atoms with E-state index in [1.165, 1.54) is 13.0 Å². The fraction of sp³-hybridized carbons (Fsp3) is 0.250. The standard InChI is InChI=1S/C12H11BrO3/c1-12(11(15)16)6-8-4-9(13)3-2-7(8)5-10(12)14/h2-5,14H,6H2,1H3,(H,15,16). The van der Waals surface area contributed by atoms with Crippen LogP contribution < -0.4 is 0 Å². The van der Waals surface area contributed by atoms with Crippen LogP contribution in [0.2, 0.25) is 0 Å². The van der Waals surface area contributed by atoms with Crippen LogP contribution >= 0.6 is 15.9 Å². The summed E-state index contributed by atoms with van der Waals surface area (Å²) in [5.74, 6) is -1.10. The SMILES string of the molecule is CC1(C(=O)O)Cc2cc(Br)ccc2C=C1O. The van der Waals surface area contributed by atoms with Gasteiger partial charge in [-0.2, -0.15) is 0 Å². The molecule has 2 rings (SSSR count). The Morgan fingerprint density at radius 1 is 1.50 bits per heavy atom. The number of hydrogen-bond donors (Lipinski definition) is 2. The molecule has 0 saturated carbocycles. The van der Waals surface area contributed by atoms with E-state index in [2.05, 4.69) is 15.9 Å². The number of carbonyl (C=O) groups is 1. The highest BCUT2D eigenvalue weighted by atomic mass is 79.9. The quantitative estimate of drug-likeness (QED) is 0.833. The Bertz CT molecular complexity index is 493. The molecule has 1 atom stereocenters. The summed E-state index contributed by atoms with van der Waals surface area (Å²) in [4.78, 5) is 11.2. The van der Waals surface area contributed by atoms with Crippen molar-refractivity contribution in [3.8, 4) is 0 Å². The predicted molar refractivity (Wildman–Crippen MR) is 64.2 cm³/mol. The fourth-order valence-corrected chi connectivity index (χ4v) is 2.24. The van der Waals surface area contributed by atoms with Crippen LogP contribution in [-0.2, 0) is 11.2 Å². The number of aliphatic carboxylic acids is 1. The number of carboxylic acids is 1. The molecule has 0 heterocycles. The minimum atomic E-state index is -1.21. The van der Waals surface area contributed by atoms with Crippen LogP contribution in [-0.4, -0.2) is 16.2 Å². The lowest BCUT2D eigenvalue weighted by Crippen LogP contribution is -2.34. The van der Waals surface area contributed by atoms with Crippen molar-refractivity contribution in [2.45, 2.75) is 13.3 Å². The van der Waals surface area contributed by atoms with E-state index in [-0.39, 0.29) is 5.76 Å². The lowest BCUT2D eigenvalue weighted by atomic mass is 9.76. The number of aliphatic hydroxyl groups is 1. The van der Waals surface area contributed by atoms with E-state index in [1.54, 1.807) is 0 Å². The molecular formula is C12H11BrO3. The summed E-state index contributed by atoms with van der Waals surface area (Å²) in [6, 6.07) is 5.61. The third-order valence-corrected chi connectivity index (χ3v) is 3.47. The largest absolute Gasteiger partial charge is 0.511 e. The number of rotatable bonds is 1. The van der Waals surface area contributed by atoms with E-state index in [0.29, 0.717) is 6.42 Å². The molecule has 0 amide bonds. The van der Waals surface area contributed by atoms with Crippen LogP contribution in [0.1, 0.15) is 18.1 Å². The van der Waals surface area contributed by atoms with Crippen molar-refractivity contribution in [3.05, 3.63) is 39.6 Å². The molecular weight excluding hydrogens is 272 g/mol. The van der Waals surface area contributed by atoms with Gasteiger partial charge in [0.25, 0.3) is 0 Å². The molecule has 0 spiro atoms. The minimum absolute atomic E-state index is 0.0881. The van der Waals surface area contributed by atoms with Crippen molar-refractivity contribution >= 4 is 28.0 Å². The fourth-order valence-electron chi connectivity index (χ4n) is 1.83. The van der Waals surface area contributed by atoms with Crippen LogP contribution in [0, 0.1) is 5.41 Å². The molecule has 1 aromatic carbocycles. The molecule has 4 heteroatoms. The van der Waals surface area contributed by atoms with Gasteiger partial charge < -0.3 is 10.2 Å². The van der Waals surface area contributed by atoms with E-state index in [1.807, 2.05) is 18.2 Å². The van der Waals surface area contributed by atoms with Gasteiger partial charge >= 0.3 is 5.97 Å². The third-order valence-electron chi connectivity index (χ3n) is 2.98. The Hall–Kier alpha value is -1.29. The molecule has 0 aromatic heterocycles. The molecule has 2 N–H and O–H groups in total. The Morgan fingerprint density at radius 3 is 2.81 bits per heavy atom. The van der Waals surface area contributed by atoms with Crippen LogP contribution in [0.25, 0.3) is 6.08 Å². The number of fused-ring (bicyclic) bond motifs is 1. The van der Waals surface area contributed by atoms with Gasteiger partial charge in [0.05, 0.1) is 0 Å². The van der Waals surface area contributed by atoms with Crippen LogP contribution in [0.4, 0.5) is 0 Å². The second-order valence-electron chi connectivity index (χ2n) is 4.19. The van der Waals surface area contributed by atoms with Gasteiger partial charge in [0.15, 0.2) is 0 Å². The van der Waals surface area contributed by atoms with E-state index >= 15 is 0 Å². The van der Waals surface area contributed by atoms with Gasteiger partial charge in [-0.15, -0.1) is 0 Å². The lowest BCUT2D eigenvalue weighted by Gasteiger charge is -2.29. The minimum Gasteiger partial charge on any atom is -0.511 e. The number of carboxylic acid groups (broad SMARTS) is 1. The van der Waals surface area contributed by atoms with Gasteiger partial charge in [0.1, 0.15) is 11.2 Å². The molecule has 84 valence electrons. The van der Waals surface area contributed by atoms with E-state index < -0.39 is 11.4 Å². The maximum Gasteiger partial charge on any atom is 0.317 e. The maximum atomic E-state index is 11.2. The number of halogens is 1. The van der Waals surface area contributed by atoms with Crippen molar-refractivity contribution in [1.82, 2.24) is 0 Å². The summed E-state index contributed by atoms with van der Waals surface area (Å²) in [5.41, 5.74) is 0.588. The third kappa shape index (κ3) is 1.63. The average Bonchev–Trinajstić information content (AvgIpc) is 2.20. The summed E-state index contributed by atoms with van der Waals surface area (Å²) < 4.78 is 0.911. The summed E-state index contributed by atoms with van der Waals surface area (Å²) in [6.45, 7) is 1.53. The van der Waals surface area contributed by atoms with Crippen molar-refractivity contribution < 1.29 is 15.0 Å². The first-order valence-corrected chi connectivity index (χ1v) is 5.66. The first kappa shape index (κ1) is 11.2. The Balaban J connectivity index is 2.55. The van der Waals surface area contributed by atoms with Crippen molar-refractivity contribution in [3.63, 3.8) is 0 Å². The highest BCUT2D eigenvalue weighted by Gasteiger charge is 2.40. The van der Waals surface area contributed by atoms with Gasteiger partial charge in [-0.05, 0) is 42.7 Å². The predicted octanol–water partition coefficient (Wildman–Crippen LogP) is 3.00. The number of benzene rings is 1. The monoisotopic (exact) mass is 282 g/mol. The van der Waals surface area contributed by atoms with Crippen molar-refractivity contribution in [1.29, 1.82) is 0 Å². The summed E-state index contributed by atoms with van der Waals surface area (Å²) in [5, 5.41) is 18.9. The zero-order valence-corrected chi connectivity index (χ0v) is 10.3. The zero-order valence-electron chi connectivity index (χ0n) is 8.70. The van der Waals surface area contributed by atoms with Crippen molar-refractivity contribution in [2.75, 3.05) is 0 Å². The van der Waals surface area contributed by atoms with E-state index in [9.17, 15) is 9.90 Å². The molecule has 1 aliphatic carbocycles. The highest BCUT2D eigenvalue weighted by Crippen LogP contribution is 2.38. The molecule has 0 saturated heterocycles. The summed E-state index contributed by atoms with van der Waals surface area (Å²) in [6.07, 6.45) is 1.83. The molecule has 1 unspecified atom stereocenters. The zero-order chi connectivity index (χ0) is 11.9. The Kier molecular flexibility index (Phi) is 2.54. The smallest absolute Gasteiger partial charge is 0.317 e. The van der Waals surface area contributed by atoms with Gasteiger partial charge in [-0.25, -0.2) is 0 Å². The first-order chi connectivity index (χ1) is 7.43. The average molecular weight is 283 g/mol. The summed E-state index contributed by atoms with van der Waals surface area (Å²) >= 11 is 3.35. The molecule has 0 radical (unpaired) electrons. The van der Waals surface area contributed by atoms with Crippen LogP contribution in [0.5, 0.6) is 0 Å². The molecule has 0 bridgehead atoms.